The first kappa shape index (κ1) is 15.3. The molecule has 21 heavy (non-hydrogen) atoms. The molecular formula is C17H32N4. The van der Waals surface area contributed by atoms with Crippen molar-refractivity contribution in [3.8, 4) is 0 Å². The molecule has 3 fully saturated rings. The minimum absolute atomic E-state index is 0.311. The van der Waals surface area contributed by atoms with Gasteiger partial charge in [0.05, 0.1) is 0 Å². The number of nitrogens with one attached hydrogen (secondary N) is 3. The van der Waals surface area contributed by atoms with E-state index in [1.54, 1.807) is 0 Å². The fourth-order valence-corrected chi connectivity index (χ4v) is 4.50. The first-order chi connectivity index (χ1) is 10.3. The van der Waals surface area contributed by atoms with Crippen LogP contribution in [-0.4, -0.2) is 18.4 Å². The van der Waals surface area contributed by atoms with E-state index in [0.717, 1.165) is 24.3 Å². The Morgan fingerprint density at radius 3 is 2.67 bits per heavy atom. The van der Waals surface area contributed by atoms with E-state index in [2.05, 4.69) is 23.2 Å². The van der Waals surface area contributed by atoms with Gasteiger partial charge in [0.1, 0.15) is 6.17 Å². The lowest BCUT2D eigenvalue weighted by Crippen LogP contribution is -2.61. The highest BCUT2D eigenvalue weighted by Crippen LogP contribution is 2.33. The Hall–Kier alpha value is -0.610. The van der Waals surface area contributed by atoms with Crippen molar-refractivity contribution in [2.75, 3.05) is 6.54 Å². The van der Waals surface area contributed by atoms with Crippen LogP contribution >= 0.6 is 0 Å². The molecule has 1 aliphatic heterocycles. The summed E-state index contributed by atoms with van der Waals surface area (Å²) in [5.41, 5.74) is 11.5. The zero-order valence-electron chi connectivity index (χ0n) is 13.5. The Morgan fingerprint density at radius 2 is 1.81 bits per heavy atom. The van der Waals surface area contributed by atoms with Gasteiger partial charge in [0.25, 0.3) is 0 Å². The van der Waals surface area contributed by atoms with Crippen LogP contribution in [0, 0.1) is 17.8 Å². The third-order valence-electron chi connectivity index (χ3n) is 5.72. The average Bonchev–Trinajstić information content (AvgIpc) is 2.54. The van der Waals surface area contributed by atoms with Crippen molar-refractivity contribution < 1.29 is 0 Å². The summed E-state index contributed by atoms with van der Waals surface area (Å²) in [7, 11) is 0. The molecule has 0 amide bonds. The number of fused-ring (bicyclic) bond motifs is 1. The fourth-order valence-electron chi connectivity index (χ4n) is 4.50. The maximum absolute atomic E-state index is 4.70. The summed E-state index contributed by atoms with van der Waals surface area (Å²) in [6.45, 7) is 3.31. The van der Waals surface area contributed by atoms with E-state index in [0.29, 0.717) is 6.17 Å². The molecule has 0 aromatic rings. The van der Waals surface area contributed by atoms with Crippen molar-refractivity contribution in [3.63, 3.8) is 0 Å². The van der Waals surface area contributed by atoms with Gasteiger partial charge in [-0.3, -0.25) is 10.9 Å². The first-order valence-corrected chi connectivity index (χ1v) is 9.10. The van der Waals surface area contributed by atoms with Crippen LogP contribution in [0.3, 0.4) is 0 Å². The van der Waals surface area contributed by atoms with E-state index in [4.69, 9.17) is 5.10 Å². The predicted molar refractivity (Wildman–Crippen MR) is 87.8 cm³/mol. The van der Waals surface area contributed by atoms with E-state index in [9.17, 15) is 0 Å². The Kier molecular flexibility index (Phi) is 5.53. The maximum atomic E-state index is 4.70. The Morgan fingerprint density at radius 1 is 1.05 bits per heavy atom. The summed E-state index contributed by atoms with van der Waals surface area (Å²) in [6.07, 6.45) is 14.1. The van der Waals surface area contributed by atoms with Gasteiger partial charge in [0.2, 0.25) is 0 Å². The van der Waals surface area contributed by atoms with Crippen LogP contribution in [-0.2, 0) is 0 Å². The molecule has 0 bridgehead atoms. The Bertz CT molecular complexity index is 347. The molecule has 2 aliphatic carbocycles. The molecule has 0 aromatic heterocycles. The standard InChI is InChI=1S/C17H32N4/c1-13(11-14-7-3-2-4-8-14)19-21-17-16-10-6-5-9-15(16)12-18-20-17/h14-18,20-21H,2-12H2,1H3/b19-13-. The van der Waals surface area contributed by atoms with Gasteiger partial charge in [0.15, 0.2) is 0 Å². The summed E-state index contributed by atoms with van der Waals surface area (Å²) in [6, 6.07) is 0. The summed E-state index contributed by atoms with van der Waals surface area (Å²) in [4.78, 5) is 0. The first-order valence-electron chi connectivity index (χ1n) is 9.10. The second kappa shape index (κ2) is 7.59. The third-order valence-corrected chi connectivity index (χ3v) is 5.72. The lowest BCUT2D eigenvalue weighted by atomic mass is 9.77. The molecule has 3 atom stereocenters. The van der Waals surface area contributed by atoms with Crippen molar-refractivity contribution in [1.29, 1.82) is 0 Å². The SMILES string of the molecule is C/C(CC1CCCCC1)=N/NC1NNCC2CCCCC21. The summed E-state index contributed by atoms with van der Waals surface area (Å²) < 4.78 is 0. The van der Waals surface area contributed by atoms with E-state index >= 15 is 0 Å². The summed E-state index contributed by atoms with van der Waals surface area (Å²) in [5, 5.41) is 4.70. The molecule has 1 heterocycles. The van der Waals surface area contributed by atoms with Gasteiger partial charge < -0.3 is 0 Å². The van der Waals surface area contributed by atoms with Crippen LogP contribution in [0.15, 0.2) is 5.10 Å². The zero-order chi connectivity index (χ0) is 14.5. The van der Waals surface area contributed by atoms with Crippen LogP contribution in [0.1, 0.15) is 71.1 Å². The number of hydrazine groups is 1. The quantitative estimate of drug-likeness (QED) is 0.551. The van der Waals surface area contributed by atoms with Gasteiger partial charge in [0, 0.05) is 12.3 Å². The van der Waals surface area contributed by atoms with E-state index < -0.39 is 0 Å². The molecule has 4 nitrogen and oxygen atoms in total. The molecule has 3 aliphatic rings. The van der Waals surface area contributed by atoms with Crippen LogP contribution in [0.5, 0.6) is 0 Å². The molecule has 3 N–H and O–H groups in total. The van der Waals surface area contributed by atoms with Crippen molar-refractivity contribution in [1.82, 2.24) is 16.3 Å². The summed E-state index contributed by atoms with van der Waals surface area (Å²) in [5.74, 6) is 2.45. The van der Waals surface area contributed by atoms with E-state index in [1.165, 1.54) is 69.9 Å². The lowest BCUT2D eigenvalue weighted by Gasteiger charge is -2.41. The largest absolute Gasteiger partial charge is 0.291 e. The molecule has 3 unspecified atom stereocenters. The zero-order valence-corrected chi connectivity index (χ0v) is 13.5. The molecule has 0 aromatic carbocycles. The normalized spacial score (nSPS) is 35.3. The van der Waals surface area contributed by atoms with Gasteiger partial charge in [-0.15, -0.1) is 0 Å². The van der Waals surface area contributed by atoms with Gasteiger partial charge in [-0.1, -0.05) is 44.9 Å². The lowest BCUT2D eigenvalue weighted by molar-refractivity contribution is 0.0994. The van der Waals surface area contributed by atoms with Crippen LogP contribution < -0.4 is 16.3 Å². The average molecular weight is 292 g/mol. The second-order valence-corrected chi connectivity index (χ2v) is 7.40. The Balaban J connectivity index is 1.49. The fraction of sp³-hybridized carbons (Fsp3) is 0.941. The van der Waals surface area contributed by atoms with Gasteiger partial charge in [-0.25, -0.2) is 5.43 Å². The maximum Gasteiger partial charge on any atom is 0.109 e. The highest BCUT2D eigenvalue weighted by Gasteiger charge is 2.34. The van der Waals surface area contributed by atoms with Gasteiger partial charge in [-0.2, -0.15) is 5.10 Å². The monoisotopic (exact) mass is 292 g/mol. The second-order valence-electron chi connectivity index (χ2n) is 7.40. The number of hydrazone groups is 1. The minimum Gasteiger partial charge on any atom is -0.291 e. The number of hydrogen-bond acceptors (Lipinski definition) is 4. The van der Waals surface area contributed by atoms with Crippen LogP contribution in [0.4, 0.5) is 0 Å². The van der Waals surface area contributed by atoms with Crippen molar-refractivity contribution in [2.45, 2.75) is 77.3 Å². The van der Waals surface area contributed by atoms with Crippen molar-refractivity contribution in [2.24, 2.45) is 22.9 Å². The van der Waals surface area contributed by atoms with Crippen LogP contribution in [0.2, 0.25) is 0 Å². The molecule has 2 saturated carbocycles. The highest BCUT2D eigenvalue weighted by atomic mass is 15.5. The number of nitrogens with zero attached hydrogens (tertiary/aromatic N) is 1. The molecule has 3 rings (SSSR count). The van der Waals surface area contributed by atoms with Crippen LogP contribution in [0.25, 0.3) is 0 Å². The number of rotatable bonds is 4. The number of hydrogen-bond donors (Lipinski definition) is 3. The molecule has 0 radical (unpaired) electrons. The molecule has 4 heteroatoms. The van der Waals surface area contributed by atoms with Crippen molar-refractivity contribution in [3.05, 3.63) is 0 Å². The topological polar surface area (TPSA) is 48.5 Å². The molecule has 120 valence electrons. The third kappa shape index (κ3) is 4.19. The summed E-state index contributed by atoms with van der Waals surface area (Å²) >= 11 is 0. The van der Waals surface area contributed by atoms with E-state index in [-0.39, 0.29) is 0 Å². The van der Waals surface area contributed by atoms with Gasteiger partial charge in [-0.05, 0) is 43.9 Å². The van der Waals surface area contributed by atoms with Gasteiger partial charge >= 0.3 is 0 Å². The van der Waals surface area contributed by atoms with E-state index in [1.807, 2.05) is 0 Å². The molecule has 1 saturated heterocycles. The Labute approximate surface area is 129 Å². The molecular weight excluding hydrogens is 260 g/mol. The van der Waals surface area contributed by atoms with Crippen molar-refractivity contribution >= 4 is 5.71 Å². The smallest absolute Gasteiger partial charge is 0.109 e. The predicted octanol–water partition coefficient (Wildman–Crippen LogP) is 3.16. The highest BCUT2D eigenvalue weighted by molar-refractivity contribution is 5.81. The minimum atomic E-state index is 0.311. The molecule has 0 spiro atoms.